The molecule has 0 aliphatic heterocycles. The summed E-state index contributed by atoms with van der Waals surface area (Å²) in [4.78, 5) is 0. The summed E-state index contributed by atoms with van der Waals surface area (Å²) in [6.45, 7) is 0. The van der Waals surface area contributed by atoms with Gasteiger partial charge in [0.1, 0.15) is 5.58 Å². The van der Waals surface area contributed by atoms with Crippen molar-refractivity contribution in [2.75, 3.05) is 5.73 Å². The number of aromatic nitrogens is 1. The van der Waals surface area contributed by atoms with Crippen molar-refractivity contribution >= 4 is 32.7 Å². The number of rotatable bonds is 1. The van der Waals surface area contributed by atoms with Gasteiger partial charge in [0.25, 0.3) is 0 Å². The van der Waals surface area contributed by atoms with Crippen LogP contribution in [0.15, 0.2) is 43.7 Å². The van der Waals surface area contributed by atoms with Gasteiger partial charge < -0.3 is 14.7 Å². The lowest BCUT2D eigenvalue weighted by Gasteiger charge is -1.88. The molecule has 2 heterocycles. The molecule has 0 atom stereocenters. The molecule has 4 nitrogen and oxygen atoms in total. The van der Waals surface area contributed by atoms with Gasteiger partial charge in [-0.05, 0) is 18.2 Å². The zero-order chi connectivity index (χ0) is 11.1. The molecule has 80 valence electrons. The van der Waals surface area contributed by atoms with E-state index in [2.05, 4.69) is 21.1 Å². The number of hydrogen-bond donors (Lipinski definition) is 1. The van der Waals surface area contributed by atoms with Crippen LogP contribution in [0.4, 0.5) is 5.82 Å². The van der Waals surface area contributed by atoms with E-state index in [1.54, 1.807) is 6.07 Å². The molecule has 0 saturated carbocycles. The van der Waals surface area contributed by atoms with Crippen molar-refractivity contribution in [1.29, 1.82) is 0 Å². The maximum atomic E-state index is 5.63. The highest BCUT2D eigenvalue weighted by Gasteiger charge is 2.12. The standard InChI is InChI=1S/C11H7BrN2O2/c12-7-2-1-3-8-6(7)4-9(15-8)10-5-11(13)14-16-10/h1-5H,(H2,13,14). The van der Waals surface area contributed by atoms with E-state index >= 15 is 0 Å². The first-order chi connectivity index (χ1) is 7.74. The van der Waals surface area contributed by atoms with Crippen molar-refractivity contribution in [3.63, 3.8) is 0 Å². The normalized spacial score (nSPS) is 11.1. The number of furan rings is 1. The molecular formula is C11H7BrN2O2. The molecule has 0 amide bonds. The second-order valence-corrected chi connectivity index (χ2v) is 4.23. The van der Waals surface area contributed by atoms with Crippen LogP contribution in [-0.2, 0) is 0 Å². The zero-order valence-corrected chi connectivity index (χ0v) is 9.69. The van der Waals surface area contributed by atoms with Crippen molar-refractivity contribution in [3.05, 3.63) is 34.8 Å². The Hall–Kier alpha value is -1.75. The zero-order valence-electron chi connectivity index (χ0n) is 8.11. The molecule has 0 saturated heterocycles. The molecule has 16 heavy (non-hydrogen) atoms. The van der Waals surface area contributed by atoms with E-state index in [0.717, 1.165) is 15.4 Å². The smallest absolute Gasteiger partial charge is 0.204 e. The van der Waals surface area contributed by atoms with E-state index in [1.165, 1.54) is 0 Å². The molecule has 3 aromatic rings. The van der Waals surface area contributed by atoms with Crippen LogP contribution in [-0.4, -0.2) is 5.16 Å². The summed E-state index contributed by atoms with van der Waals surface area (Å²) < 4.78 is 11.6. The van der Waals surface area contributed by atoms with Gasteiger partial charge in [0.05, 0.1) is 0 Å². The highest BCUT2D eigenvalue weighted by atomic mass is 79.9. The fraction of sp³-hybridized carbons (Fsp3) is 0. The molecule has 0 unspecified atom stereocenters. The average Bonchev–Trinajstić information content (AvgIpc) is 2.84. The molecule has 1 aromatic carbocycles. The summed E-state index contributed by atoms with van der Waals surface area (Å²) in [7, 11) is 0. The van der Waals surface area contributed by atoms with Crippen molar-refractivity contribution < 1.29 is 8.94 Å². The average molecular weight is 279 g/mol. The fourth-order valence-electron chi connectivity index (χ4n) is 1.55. The van der Waals surface area contributed by atoms with Gasteiger partial charge in [-0.15, -0.1) is 0 Å². The summed E-state index contributed by atoms with van der Waals surface area (Å²) in [5.74, 6) is 1.49. The molecule has 3 rings (SSSR count). The van der Waals surface area contributed by atoms with Crippen LogP contribution in [0.3, 0.4) is 0 Å². The van der Waals surface area contributed by atoms with Gasteiger partial charge in [-0.3, -0.25) is 0 Å². The molecule has 0 aliphatic carbocycles. The Kier molecular flexibility index (Phi) is 2.00. The molecule has 2 N–H and O–H groups in total. The molecule has 0 aliphatic rings. The van der Waals surface area contributed by atoms with Crippen molar-refractivity contribution in [3.8, 4) is 11.5 Å². The van der Waals surface area contributed by atoms with Crippen LogP contribution in [0.25, 0.3) is 22.5 Å². The third-order valence-corrected chi connectivity index (χ3v) is 2.97. The van der Waals surface area contributed by atoms with Crippen LogP contribution in [0, 0.1) is 0 Å². The van der Waals surface area contributed by atoms with Gasteiger partial charge in [-0.1, -0.05) is 27.2 Å². The summed E-state index contributed by atoms with van der Waals surface area (Å²) in [6, 6.07) is 9.28. The number of hydrogen-bond acceptors (Lipinski definition) is 4. The van der Waals surface area contributed by atoms with Gasteiger partial charge in [-0.25, -0.2) is 0 Å². The van der Waals surface area contributed by atoms with E-state index in [9.17, 15) is 0 Å². The van der Waals surface area contributed by atoms with E-state index in [-0.39, 0.29) is 0 Å². The van der Waals surface area contributed by atoms with Gasteiger partial charge in [0, 0.05) is 15.9 Å². The number of halogens is 1. The van der Waals surface area contributed by atoms with Crippen LogP contribution in [0.5, 0.6) is 0 Å². The minimum Gasteiger partial charge on any atom is -0.453 e. The molecular weight excluding hydrogens is 272 g/mol. The lowest BCUT2D eigenvalue weighted by Crippen LogP contribution is -1.79. The van der Waals surface area contributed by atoms with Crippen molar-refractivity contribution in [2.24, 2.45) is 0 Å². The summed E-state index contributed by atoms with van der Waals surface area (Å²) in [6.07, 6.45) is 0. The third kappa shape index (κ3) is 1.40. The second kappa shape index (κ2) is 3.38. The molecule has 0 fully saturated rings. The minimum atomic E-state index is 0.342. The number of fused-ring (bicyclic) bond motifs is 1. The quantitative estimate of drug-likeness (QED) is 0.741. The minimum absolute atomic E-state index is 0.342. The van der Waals surface area contributed by atoms with E-state index in [4.69, 9.17) is 14.7 Å². The Balaban J connectivity index is 2.22. The van der Waals surface area contributed by atoms with Crippen molar-refractivity contribution in [2.45, 2.75) is 0 Å². The maximum absolute atomic E-state index is 5.63. The van der Waals surface area contributed by atoms with Crippen molar-refractivity contribution in [1.82, 2.24) is 5.16 Å². The monoisotopic (exact) mass is 278 g/mol. The Morgan fingerprint density at radius 2 is 2.06 bits per heavy atom. The molecule has 5 heteroatoms. The summed E-state index contributed by atoms with van der Waals surface area (Å²) >= 11 is 3.46. The lowest BCUT2D eigenvalue weighted by atomic mass is 10.2. The summed E-state index contributed by atoms with van der Waals surface area (Å²) in [5.41, 5.74) is 6.28. The maximum Gasteiger partial charge on any atom is 0.204 e. The highest BCUT2D eigenvalue weighted by molar-refractivity contribution is 9.10. The van der Waals surface area contributed by atoms with Crippen LogP contribution >= 0.6 is 15.9 Å². The Morgan fingerprint density at radius 1 is 1.19 bits per heavy atom. The molecule has 0 bridgehead atoms. The SMILES string of the molecule is Nc1cc(-c2cc3c(Br)cccc3o2)on1. The van der Waals surface area contributed by atoms with Gasteiger partial charge in [0.2, 0.25) is 5.76 Å². The predicted molar refractivity (Wildman–Crippen MR) is 63.8 cm³/mol. The number of anilines is 1. The third-order valence-electron chi connectivity index (χ3n) is 2.28. The molecule has 2 aromatic heterocycles. The number of benzene rings is 1. The lowest BCUT2D eigenvalue weighted by molar-refractivity contribution is 0.424. The van der Waals surface area contributed by atoms with E-state index in [0.29, 0.717) is 17.3 Å². The van der Waals surface area contributed by atoms with E-state index < -0.39 is 0 Å². The number of nitrogens with two attached hydrogens (primary N) is 1. The number of nitrogen functional groups attached to an aromatic ring is 1. The molecule has 0 radical (unpaired) electrons. The predicted octanol–water partition coefficient (Wildman–Crippen LogP) is 3.43. The first-order valence-electron chi connectivity index (χ1n) is 4.64. The van der Waals surface area contributed by atoms with Gasteiger partial charge >= 0.3 is 0 Å². The summed E-state index contributed by atoms with van der Waals surface area (Å²) in [5, 5.41) is 4.61. The fourth-order valence-corrected chi connectivity index (χ4v) is 2.01. The Labute approximate surface area is 99.1 Å². The largest absolute Gasteiger partial charge is 0.453 e. The van der Waals surface area contributed by atoms with Crippen LogP contribution in [0.2, 0.25) is 0 Å². The first-order valence-corrected chi connectivity index (χ1v) is 5.44. The Morgan fingerprint density at radius 3 is 2.75 bits per heavy atom. The number of nitrogens with zero attached hydrogens (tertiary/aromatic N) is 1. The van der Waals surface area contributed by atoms with Crippen LogP contribution < -0.4 is 5.73 Å². The van der Waals surface area contributed by atoms with Gasteiger partial charge in [0.15, 0.2) is 11.6 Å². The highest BCUT2D eigenvalue weighted by Crippen LogP contribution is 2.32. The van der Waals surface area contributed by atoms with Gasteiger partial charge in [-0.2, -0.15) is 0 Å². The van der Waals surface area contributed by atoms with E-state index in [1.807, 2.05) is 24.3 Å². The molecule has 0 spiro atoms. The second-order valence-electron chi connectivity index (χ2n) is 3.38. The van der Waals surface area contributed by atoms with Crippen LogP contribution in [0.1, 0.15) is 0 Å². The topological polar surface area (TPSA) is 65.2 Å². The Bertz CT molecular complexity index is 657. The first kappa shape index (κ1) is 9.47.